The minimum absolute atomic E-state index is 0.174. The zero-order chi connectivity index (χ0) is 48.2. The first-order chi connectivity index (χ1) is 32.2. The Morgan fingerprint density at radius 2 is 1.01 bits per heavy atom. The van der Waals surface area contributed by atoms with Crippen LogP contribution >= 0.6 is 0 Å². The summed E-state index contributed by atoms with van der Waals surface area (Å²) >= 11 is 0. The first-order valence-electron chi connectivity index (χ1n) is 20.5. The molecule has 0 spiro atoms. The van der Waals surface area contributed by atoms with Gasteiger partial charge in [-0.15, -0.1) is 0 Å². The van der Waals surface area contributed by atoms with Crippen molar-refractivity contribution in [2.45, 2.75) is 25.2 Å². The van der Waals surface area contributed by atoms with Crippen molar-refractivity contribution in [1.29, 1.82) is 0 Å². The van der Waals surface area contributed by atoms with Crippen molar-refractivity contribution in [2.75, 3.05) is 9.44 Å². The van der Waals surface area contributed by atoms with Gasteiger partial charge in [0.1, 0.15) is 0 Å². The van der Waals surface area contributed by atoms with E-state index in [4.69, 9.17) is 10.3 Å². The molecule has 2 aromatic heterocycles. The number of alkyl halides is 6. The Kier molecular flexibility index (Phi) is 11.6. The lowest BCUT2D eigenvalue weighted by Crippen LogP contribution is -2.21. The van der Waals surface area contributed by atoms with E-state index in [0.29, 0.717) is 22.5 Å². The Morgan fingerprint density at radius 1 is 0.515 bits per heavy atom. The van der Waals surface area contributed by atoms with Gasteiger partial charge in [-0.1, -0.05) is 91.0 Å². The molecule has 0 saturated carbocycles. The van der Waals surface area contributed by atoms with Crippen LogP contribution in [-0.2, 0) is 39.2 Å². The summed E-state index contributed by atoms with van der Waals surface area (Å²) in [6.45, 7) is 0. The number of nitrogens with one attached hydrogen (secondary N) is 2. The molecular weight excluding hydrogens is 931 g/mol. The molecule has 0 saturated heterocycles. The van der Waals surface area contributed by atoms with Crippen LogP contribution in [0.25, 0.3) is 72.3 Å². The quantitative estimate of drug-likeness (QED) is 0.0869. The Labute approximate surface area is 384 Å². The van der Waals surface area contributed by atoms with Crippen LogP contribution in [0.5, 0.6) is 0 Å². The lowest BCUT2D eigenvalue weighted by molar-refractivity contribution is -0.142. The highest BCUT2D eigenvalue weighted by Gasteiger charge is 2.37. The Morgan fingerprint density at radius 3 is 1.56 bits per heavy atom. The van der Waals surface area contributed by atoms with Gasteiger partial charge >= 0.3 is 12.4 Å². The lowest BCUT2D eigenvalue weighted by Gasteiger charge is -2.19. The van der Waals surface area contributed by atoms with Gasteiger partial charge in [-0.25, -0.2) is 19.6 Å². The van der Waals surface area contributed by atoms with E-state index in [1.165, 1.54) is 57.9 Å². The van der Waals surface area contributed by atoms with Gasteiger partial charge in [0.2, 0.25) is 0 Å². The van der Waals surface area contributed by atoms with E-state index in [2.05, 4.69) is 19.6 Å². The Bertz CT molecular complexity index is 3670. The molecule has 1 aliphatic rings. The standard InChI is InChI=1S/C24H19F3N4O2S.C24H17F3N4O2S/c25-24(26,27)23-14-22(31(29-23)17-11-9-16(10-12-17)30-34(28,32)33)21-13-15-5-1-2-6-18(15)19-7-3-4-8-20(19)21;25-24(26,27)23-14-22(31(29-23)17-11-9-16(10-12-17)30-34(28,32)33)21-7-3-6-19-18-5-2-1-4-15(18)8-13-20(19)21/h1-2,4-6,8-14,30H,3,7H2,(H2,28,32,33);1-14,30H,(H2,28,32,33). The van der Waals surface area contributed by atoms with Crippen molar-refractivity contribution < 1.29 is 43.2 Å². The molecule has 0 amide bonds. The molecule has 0 atom stereocenters. The number of benzene rings is 7. The van der Waals surface area contributed by atoms with Crippen LogP contribution in [0.2, 0.25) is 0 Å². The van der Waals surface area contributed by atoms with E-state index < -0.39 is 44.2 Å². The number of hydrogen-bond donors (Lipinski definition) is 4. The average Bonchev–Trinajstić information content (AvgIpc) is 3.95. The van der Waals surface area contributed by atoms with Gasteiger partial charge in [-0.3, -0.25) is 9.44 Å². The summed E-state index contributed by atoms with van der Waals surface area (Å²) in [6, 6.07) is 40.3. The summed E-state index contributed by atoms with van der Waals surface area (Å²) in [6.07, 6.45) is -3.68. The molecule has 2 heterocycles. The van der Waals surface area contributed by atoms with E-state index in [1.807, 2.05) is 84.9 Å². The predicted molar refractivity (Wildman–Crippen MR) is 251 cm³/mol. The fourth-order valence-corrected chi connectivity index (χ4v) is 9.22. The van der Waals surface area contributed by atoms with E-state index in [-0.39, 0.29) is 22.8 Å². The summed E-state index contributed by atoms with van der Waals surface area (Å²) in [7, 11) is -7.97. The van der Waals surface area contributed by atoms with Crippen LogP contribution in [0.4, 0.5) is 37.7 Å². The minimum atomic E-state index is -4.65. The van der Waals surface area contributed by atoms with Gasteiger partial charge in [0.05, 0.1) is 22.8 Å². The zero-order valence-corrected chi connectivity index (χ0v) is 36.7. The maximum atomic E-state index is 13.7. The SMILES string of the molecule is NS(=O)(=O)Nc1ccc(-n2nc(C(F)(F)F)cc2-c2cc3ccccc3c3c2C=CCC3)cc1.NS(=O)(=O)Nc1ccc(-n2nc(C(F)(F)F)cc2-c2cccc3c2ccc2ccccc23)cc1. The predicted octanol–water partition coefficient (Wildman–Crippen LogP) is 10.8. The number of allylic oxidation sites excluding steroid dienone is 1. The summed E-state index contributed by atoms with van der Waals surface area (Å²) in [4.78, 5) is 0. The van der Waals surface area contributed by atoms with Gasteiger partial charge in [0.15, 0.2) is 11.4 Å². The van der Waals surface area contributed by atoms with Crippen molar-refractivity contribution in [1.82, 2.24) is 19.6 Å². The normalized spacial score (nSPS) is 13.1. The van der Waals surface area contributed by atoms with E-state index in [1.54, 1.807) is 12.1 Å². The number of fused-ring (bicyclic) bond motifs is 6. The largest absolute Gasteiger partial charge is 0.435 e. The van der Waals surface area contributed by atoms with Gasteiger partial charge < -0.3 is 0 Å². The molecule has 20 heteroatoms. The van der Waals surface area contributed by atoms with Crippen LogP contribution < -0.4 is 19.7 Å². The van der Waals surface area contributed by atoms with Crippen LogP contribution in [0.3, 0.4) is 0 Å². The third-order valence-electron chi connectivity index (χ3n) is 11.1. The number of aryl methyl sites for hydroxylation is 1. The summed E-state index contributed by atoms with van der Waals surface area (Å²) < 4.78 is 134. The molecule has 6 N–H and O–H groups in total. The van der Waals surface area contributed by atoms with Gasteiger partial charge in [-0.2, -0.15) is 53.4 Å². The van der Waals surface area contributed by atoms with Gasteiger partial charge in [0.25, 0.3) is 20.4 Å². The highest BCUT2D eigenvalue weighted by molar-refractivity contribution is 7.90. The topological polar surface area (TPSA) is 180 Å². The lowest BCUT2D eigenvalue weighted by atomic mass is 9.87. The highest BCUT2D eigenvalue weighted by atomic mass is 32.2. The molecule has 0 aliphatic heterocycles. The summed E-state index contributed by atoms with van der Waals surface area (Å²) in [5.41, 5.74) is 2.68. The van der Waals surface area contributed by atoms with Crippen molar-refractivity contribution in [3.63, 3.8) is 0 Å². The molecule has 346 valence electrons. The second-order valence-electron chi connectivity index (χ2n) is 15.7. The molecule has 12 nitrogen and oxygen atoms in total. The van der Waals surface area contributed by atoms with Crippen LogP contribution in [-0.4, -0.2) is 36.4 Å². The third kappa shape index (κ3) is 9.52. The maximum absolute atomic E-state index is 13.7. The first kappa shape index (κ1) is 45.6. The molecule has 1 aliphatic carbocycles. The Balaban J connectivity index is 0.000000170. The fraction of sp³-hybridized carbons (Fsp3) is 0.0833. The second kappa shape index (κ2) is 17.3. The molecule has 68 heavy (non-hydrogen) atoms. The molecule has 7 aromatic carbocycles. The average molecular weight is 967 g/mol. The smallest absolute Gasteiger partial charge is 0.271 e. The van der Waals surface area contributed by atoms with E-state index in [0.717, 1.165) is 68.4 Å². The molecule has 9 aromatic rings. The molecule has 0 unspecified atom stereocenters. The van der Waals surface area contributed by atoms with Gasteiger partial charge in [-0.05, 0) is 123 Å². The summed E-state index contributed by atoms with van der Waals surface area (Å²) in [5, 5.41) is 23.4. The number of hydrogen-bond acceptors (Lipinski definition) is 6. The van der Waals surface area contributed by atoms with Crippen molar-refractivity contribution in [3.8, 4) is 33.9 Å². The van der Waals surface area contributed by atoms with Crippen LogP contribution in [0, 0.1) is 0 Å². The molecule has 10 rings (SSSR count). The van der Waals surface area contributed by atoms with Crippen LogP contribution in [0.15, 0.2) is 152 Å². The molecule has 0 radical (unpaired) electrons. The number of nitrogens with two attached hydrogens (primary N) is 2. The number of nitrogens with zero attached hydrogens (tertiary/aromatic N) is 4. The van der Waals surface area contributed by atoms with E-state index in [9.17, 15) is 43.2 Å². The van der Waals surface area contributed by atoms with E-state index >= 15 is 0 Å². The highest BCUT2D eigenvalue weighted by Crippen LogP contribution is 2.41. The zero-order valence-electron chi connectivity index (χ0n) is 35.1. The maximum Gasteiger partial charge on any atom is 0.435 e. The number of anilines is 2. The molecular formula is C48H36F6N8O4S2. The second-order valence-corrected chi connectivity index (χ2v) is 18.3. The summed E-state index contributed by atoms with van der Waals surface area (Å²) in [5.74, 6) is 0. The monoisotopic (exact) mass is 966 g/mol. The molecule has 0 bridgehead atoms. The van der Waals surface area contributed by atoms with Crippen molar-refractivity contribution >= 4 is 70.2 Å². The van der Waals surface area contributed by atoms with Crippen LogP contribution in [0.1, 0.15) is 28.9 Å². The minimum Gasteiger partial charge on any atom is -0.271 e. The first-order valence-corrected chi connectivity index (χ1v) is 23.6. The third-order valence-corrected chi connectivity index (χ3v) is 12.2. The van der Waals surface area contributed by atoms with Crippen molar-refractivity contribution in [2.24, 2.45) is 10.3 Å². The number of rotatable bonds is 8. The number of aromatic nitrogens is 4. The fourth-order valence-electron chi connectivity index (χ4n) is 8.29. The molecule has 0 fully saturated rings. The van der Waals surface area contributed by atoms with Crippen molar-refractivity contribution in [3.05, 3.63) is 174 Å². The van der Waals surface area contributed by atoms with Gasteiger partial charge in [0, 0.05) is 22.5 Å². The Hall–Kier alpha value is -7.52. The number of halogens is 6.